The van der Waals surface area contributed by atoms with E-state index >= 15 is 0 Å². The Hall–Kier alpha value is -0.860. The molecule has 0 rings (SSSR count). The van der Waals surface area contributed by atoms with E-state index in [4.69, 9.17) is 5.21 Å². The van der Waals surface area contributed by atoms with E-state index in [0.717, 1.165) is 6.42 Å². The lowest BCUT2D eigenvalue weighted by Gasteiger charge is -1.91. The molecule has 0 aromatic heterocycles. The number of hydrogen-bond acceptors (Lipinski definition) is 3. The van der Waals surface area contributed by atoms with Crippen molar-refractivity contribution in [2.45, 2.75) is 26.7 Å². The standard InChI is InChI=1S/C6H11NO2/c1-3-4-6(8)5(2)7-9/h9H,3-4H2,1-2H3/b7-5+. The van der Waals surface area contributed by atoms with Crippen molar-refractivity contribution in [3.05, 3.63) is 0 Å². The van der Waals surface area contributed by atoms with Crippen LogP contribution in [0.15, 0.2) is 5.16 Å². The Morgan fingerprint density at radius 1 is 1.67 bits per heavy atom. The molecule has 52 valence electrons. The van der Waals surface area contributed by atoms with Crippen molar-refractivity contribution in [3.63, 3.8) is 0 Å². The Balaban J connectivity index is 3.74. The molecule has 0 aromatic carbocycles. The topological polar surface area (TPSA) is 49.7 Å². The van der Waals surface area contributed by atoms with E-state index in [1.54, 1.807) is 0 Å². The van der Waals surface area contributed by atoms with Crippen molar-refractivity contribution in [2.24, 2.45) is 5.16 Å². The lowest BCUT2D eigenvalue weighted by atomic mass is 10.2. The highest BCUT2D eigenvalue weighted by Crippen LogP contribution is 1.90. The predicted molar refractivity (Wildman–Crippen MR) is 34.8 cm³/mol. The van der Waals surface area contributed by atoms with Crippen LogP contribution in [0.2, 0.25) is 0 Å². The third-order valence-electron chi connectivity index (χ3n) is 1.03. The van der Waals surface area contributed by atoms with E-state index in [1.165, 1.54) is 6.92 Å². The minimum Gasteiger partial charge on any atom is -0.411 e. The Labute approximate surface area is 54.4 Å². The summed E-state index contributed by atoms with van der Waals surface area (Å²) in [5, 5.41) is 10.9. The van der Waals surface area contributed by atoms with Gasteiger partial charge >= 0.3 is 0 Å². The van der Waals surface area contributed by atoms with Gasteiger partial charge in [0.15, 0.2) is 5.78 Å². The molecule has 0 atom stereocenters. The quantitative estimate of drug-likeness (QED) is 0.353. The van der Waals surface area contributed by atoms with Gasteiger partial charge in [-0.15, -0.1) is 0 Å². The van der Waals surface area contributed by atoms with Crippen molar-refractivity contribution in [3.8, 4) is 0 Å². The van der Waals surface area contributed by atoms with Crippen LogP contribution in [-0.4, -0.2) is 16.7 Å². The van der Waals surface area contributed by atoms with Crippen LogP contribution in [0, 0.1) is 0 Å². The number of Topliss-reactive ketones (excluding diaryl/α,β-unsaturated/α-hetero) is 1. The third-order valence-corrected chi connectivity index (χ3v) is 1.03. The highest BCUT2D eigenvalue weighted by atomic mass is 16.4. The molecule has 0 saturated carbocycles. The molecule has 3 nitrogen and oxygen atoms in total. The molecule has 0 aliphatic heterocycles. The largest absolute Gasteiger partial charge is 0.411 e. The van der Waals surface area contributed by atoms with Gasteiger partial charge in [0.2, 0.25) is 0 Å². The van der Waals surface area contributed by atoms with Crippen LogP contribution in [-0.2, 0) is 4.79 Å². The molecule has 0 radical (unpaired) electrons. The summed E-state index contributed by atoms with van der Waals surface area (Å²) in [4.78, 5) is 10.7. The molecular formula is C6H11NO2. The summed E-state index contributed by atoms with van der Waals surface area (Å²) in [6.45, 7) is 3.40. The van der Waals surface area contributed by atoms with Crippen molar-refractivity contribution < 1.29 is 10.0 Å². The van der Waals surface area contributed by atoms with Crippen LogP contribution in [0.4, 0.5) is 0 Å². The van der Waals surface area contributed by atoms with Gasteiger partial charge in [0.25, 0.3) is 0 Å². The van der Waals surface area contributed by atoms with Gasteiger partial charge < -0.3 is 5.21 Å². The van der Waals surface area contributed by atoms with Gasteiger partial charge in [0.05, 0.1) is 0 Å². The summed E-state index contributed by atoms with van der Waals surface area (Å²) in [7, 11) is 0. The Kier molecular flexibility index (Phi) is 3.67. The van der Waals surface area contributed by atoms with Gasteiger partial charge in [-0.25, -0.2) is 0 Å². The summed E-state index contributed by atoms with van der Waals surface area (Å²) < 4.78 is 0. The Morgan fingerprint density at radius 3 is 2.56 bits per heavy atom. The molecule has 3 heteroatoms. The monoisotopic (exact) mass is 129 g/mol. The normalized spacial score (nSPS) is 11.6. The van der Waals surface area contributed by atoms with E-state index in [0.29, 0.717) is 6.42 Å². The fraction of sp³-hybridized carbons (Fsp3) is 0.667. The zero-order valence-electron chi connectivity index (χ0n) is 5.72. The van der Waals surface area contributed by atoms with Gasteiger partial charge in [-0.3, -0.25) is 4.79 Å². The number of hydrogen-bond donors (Lipinski definition) is 1. The number of ketones is 1. The van der Waals surface area contributed by atoms with Crippen molar-refractivity contribution in [1.82, 2.24) is 0 Å². The molecule has 0 unspecified atom stereocenters. The maximum atomic E-state index is 10.7. The summed E-state index contributed by atoms with van der Waals surface area (Å²) in [5.41, 5.74) is 0.192. The average molecular weight is 129 g/mol. The zero-order valence-corrected chi connectivity index (χ0v) is 5.72. The first kappa shape index (κ1) is 8.14. The predicted octanol–water partition coefficient (Wildman–Crippen LogP) is 1.21. The van der Waals surface area contributed by atoms with Crippen LogP contribution in [0.5, 0.6) is 0 Å². The highest BCUT2D eigenvalue weighted by Gasteiger charge is 2.02. The molecule has 0 spiro atoms. The second-order valence-corrected chi connectivity index (χ2v) is 1.86. The van der Waals surface area contributed by atoms with E-state index in [9.17, 15) is 4.79 Å². The SMILES string of the molecule is CCCC(=O)/C(C)=N/O. The minimum absolute atomic E-state index is 0.0833. The smallest absolute Gasteiger partial charge is 0.180 e. The van der Waals surface area contributed by atoms with Crippen LogP contribution < -0.4 is 0 Å². The van der Waals surface area contributed by atoms with E-state index in [1.807, 2.05) is 6.92 Å². The van der Waals surface area contributed by atoms with Crippen LogP contribution in [0.1, 0.15) is 26.7 Å². The molecule has 0 saturated heterocycles. The molecule has 0 bridgehead atoms. The van der Waals surface area contributed by atoms with Gasteiger partial charge in [0.1, 0.15) is 5.71 Å². The first-order valence-corrected chi connectivity index (χ1v) is 2.94. The molecular weight excluding hydrogens is 118 g/mol. The van der Waals surface area contributed by atoms with Crippen LogP contribution >= 0.6 is 0 Å². The average Bonchev–Trinajstić information content (AvgIpc) is 1.87. The lowest BCUT2D eigenvalue weighted by Crippen LogP contribution is -2.08. The van der Waals surface area contributed by atoms with E-state index in [2.05, 4.69) is 5.16 Å². The molecule has 0 fully saturated rings. The van der Waals surface area contributed by atoms with E-state index in [-0.39, 0.29) is 11.5 Å². The molecule has 0 aliphatic carbocycles. The summed E-state index contributed by atoms with van der Waals surface area (Å²) in [6.07, 6.45) is 1.27. The summed E-state index contributed by atoms with van der Waals surface area (Å²) in [5.74, 6) is -0.0833. The van der Waals surface area contributed by atoms with Crippen molar-refractivity contribution in [1.29, 1.82) is 0 Å². The van der Waals surface area contributed by atoms with Gasteiger partial charge in [-0.05, 0) is 13.3 Å². The third kappa shape index (κ3) is 2.85. The molecule has 9 heavy (non-hydrogen) atoms. The van der Waals surface area contributed by atoms with Gasteiger partial charge in [-0.2, -0.15) is 0 Å². The number of oxime groups is 1. The summed E-state index contributed by atoms with van der Waals surface area (Å²) in [6, 6.07) is 0. The first-order chi connectivity index (χ1) is 4.22. The van der Waals surface area contributed by atoms with Crippen molar-refractivity contribution in [2.75, 3.05) is 0 Å². The molecule has 1 N–H and O–H groups in total. The van der Waals surface area contributed by atoms with Gasteiger partial charge in [0, 0.05) is 6.42 Å². The minimum atomic E-state index is -0.0833. The maximum Gasteiger partial charge on any atom is 0.180 e. The Morgan fingerprint density at radius 2 is 2.22 bits per heavy atom. The fourth-order valence-electron chi connectivity index (χ4n) is 0.464. The van der Waals surface area contributed by atoms with Crippen LogP contribution in [0.25, 0.3) is 0 Å². The van der Waals surface area contributed by atoms with E-state index < -0.39 is 0 Å². The summed E-state index contributed by atoms with van der Waals surface area (Å²) >= 11 is 0. The van der Waals surface area contributed by atoms with Gasteiger partial charge in [-0.1, -0.05) is 12.1 Å². The van der Waals surface area contributed by atoms with Crippen LogP contribution in [0.3, 0.4) is 0 Å². The fourth-order valence-corrected chi connectivity index (χ4v) is 0.464. The number of nitrogens with zero attached hydrogens (tertiary/aromatic N) is 1. The Bertz CT molecular complexity index is 129. The number of rotatable bonds is 3. The molecule has 0 amide bonds. The zero-order chi connectivity index (χ0) is 7.28. The highest BCUT2D eigenvalue weighted by molar-refractivity contribution is 6.38. The number of carbonyl (C=O) groups excluding carboxylic acids is 1. The second kappa shape index (κ2) is 4.06. The second-order valence-electron chi connectivity index (χ2n) is 1.86. The number of carbonyl (C=O) groups is 1. The molecule has 0 heterocycles. The first-order valence-electron chi connectivity index (χ1n) is 2.94. The van der Waals surface area contributed by atoms with Crippen molar-refractivity contribution >= 4 is 11.5 Å². The maximum absolute atomic E-state index is 10.7. The lowest BCUT2D eigenvalue weighted by molar-refractivity contribution is -0.113. The molecule has 0 aliphatic rings. The molecule has 0 aromatic rings.